The Morgan fingerprint density at radius 2 is 1.90 bits per heavy atom. The Morgan fingerprint density at radius 3 is 2.20 bits per heavy atom. The van der Waals surface area contributed by atoms with Gasteiger partial charge in [0.05, 0.1) is 5.92 Å². The van der Waals surface area contributed by atoms with E-state index in [0.717, 1.165) is 13.1 Å². The zero-order chi connectivity index (χ0) is 6.43. The lowest BCUT2D eigenvalue weighted by molar-refractivity contribution is -0.139. The van der Waals surface area contributed by atoms with Gasteiger partial charge in [0.2, 0.25) is 0 Å². The summed E-state index contributed by atoms with van der Waals surface area (Å²) in [5.41, 5.74) is 0. The Hall–Kier alpha value is -0.280. The molecule has 0 radical (unpaired) electrons. The van der Waals surface area contributed by atoms with Crippen LogP contribution in [0.15, 0.2) is 0 Å². The van der Waals surface area contributed by atoms with Crippen molar-refractivity contribution in [3.8, 4) is 0 Å². The molecule has 1 heterocycles. The number of halogens is 1. The molecule has 2 rings (SSSR count). The van der Waals surface area contributed by atoms with Crippen molar-refractivity contribution in [3.63, 3.8) is 0 Å². The van der Waals surface area contributed by atoms with Gasteiger partial charge in [-0.3, -0.25) is 4.79 Å². The summed E-state index contributed by atoms with van der Waals surface area (Å²) in [5.74, 6) is 0.308. The monoisotopic (exact) mass is 163 g/mol. The Balaban J connectivity index is 0.000000500. The van der Waals surface area contributed by atoms with Crippen molar-refractivity contribution < 1.29 is 9.90 Å². The van der Waals surface area contributed by atoms with Crippen molar-refractivity contribution >= 4 is 18.4 Å². The van der Waals surface area contributed by atoms with Crippen molar-refractivity contribution in [1.82, 2.24) is 5.32 Å². The average molecular weight is 164 g/mol. The van der Waals surface area contributed by atoms with Gasteiger partial charge in [0.1, 0.15) is 0 Å². The standard InChI is InChI=1S/C6H9NO2.ClH/c8-6(9)5-3-1-7-2-4(3)5;/h3-5,7H,1-2H2,(H,8,9);1H. The fourth-order valence-electron chi connectivity index (χ4n) is 1.78. The zero-order valence-corrected chi connectivity index (χ0v) is 6.23. The number of hydrogen-bond acceptors (Lipinski definition) is 2. The highest BCUT2D eigenvalue weighted by atomic mass is 35.5. The van der Waals surface area contributed by atoms with E-state index in [1.807, 2.05) is 0 Å². The molecule has 1 saturated carbocycles. The molecular weight excluding hydrogens is 154 g/mol. The van der Waals surface area contributed by atoms with Gasteiger partial charge >= 0.3 is 5.97 Å². The molecule has 3 nitrogen and oxygen atoms in total. The highest BCUT2D eigenvalue weighted by molar-refractivity contribution is 5.85. The molecule has 0 aromatic rings. The number of carboxylic acids is 1. The quantitative estimate of drug-likeness (QED) is 0.570. The second-order valence-electron chi connectivity index (χ2n) is 2.85. The molecule has 2 atom stereocenters. The lowest BCUT2D eigenvalue weighted by Gasteiger charge is -1.96. The summed E-state index contributed by atoms with van der Waals surface area (Å²) in [6, 6.07) is 0. The van der Waals surface area contributed by atoms with Gasteiger partial charge in [0.25, 0.3) is 0 Å². The Bertz CT molecular complexity index is 152. The van der Waals surface area contributed by atoms with E-state index < -0.39 is 5.97 Å². The van der Waals surface area contributed by atoms with Crippen LogP contribution in [-0.4, -0.2) is 24.2 Å². The summed E-state index contributed by atoms with van der Waals surface area (Å²) >= 11 is 0. The zero-order valence-electron chi connectivity index (χ0n) is 5.41. The van der Waals surface area contributed by atoms with Crippen molar-refractivity contribution in [2.75, 3.05) is 13.1 Å². The van der Waals surface area contributed by atoms with Gasteiger partial charge in [-0.1, -0.05) is 0 Å². The van der Waals surface area contributed by atoms with E-state index in [1.165, 1.54) is 0 Å². The van der Waals surface area contributed by atoms with Crippen LogP contribution in [0.1, 0.15) is 0 Å². The molecule has 2 aliphatic rings. The maximum Gasteiger partial charge on any atom is 0.307 e. The molecular formula is C6H10ClNO2. The molecule has 2 unspecified atom stereocenters. The van der Waals surface area contributed by atoms with E-state index >= 15 is 0 Å². The summed E-state index contributed by atoms with van der Waals surface area (Å²) in [6.07, 6.45) is 0. The number of rotatable bonds is 1. The normalized spacial score (nSPS) is 41.8. The van der Waals surface area contributed by atoms with Crippen LogP contribution < -0.4 is 5.32 Å². The van der Waals surface area contributed by atoms with E-state index in [4.69, 9.17) is 5.11 Å². The second kappa shape index (κ2) is 2.40. The third kappa shape index (κ3) is 0.896. The highest BCUT2D eigenvalue weighted by Gasteiger charge is 2.57. The first-order valence-corrected chi connectivity index (χ1v) is 3.24. The van der Waals surface area contributed by atoms with Crippen LogP contribution in [0.2, 0.25) is 0 Å². The first-order valence-electron chi connectivity index (χ1n) is 3.24. The largest absolute Gasteiger partial charge is 0.481 e. The molecule has 2 fully saturated rings. The lowest BCUT2D eigenvalue weighted by atomic mass is 10.3. The highest BCUT2D eigenvalue weighted by Crippen LogP contribution is 2.48. The minimum absolute atomic E-state index is 0. The molecule has 2 N–H and O–H groups in total. The van der Waals surface area contributed by atoms with Crippen LogP contribution in [0.5, 0.6) is 0 Å². The summed E-state index contributed by atoms with van der Waals surface area (Å²) in [6.45, 7) is 1.84. The molecule has 1 aliphatic carbocycles. The fourth-order valence-corrected chi connectivity index (χ4v) is 1.78. The second-order valence-corrected chi connectivity index (χ2v) is 2.85. The van der Waals surface area contributed by atoms with Gasteiger partial charge < -0.3 is 10.4 Å². The molecule has 1 aliphatic heterocycles. The van der Waals surface area contributed by atoms with Crippen LogP contribution in [-0.2, 0) is 4.79 Å². The Labute approximate surface area is 65.2 Å². The summed E-state index contributed by atoms with van der Waals surface area (Å²) < 4.78 is 0. The van der Waals surface area contributed by atoms with Crippen LogP contribution in [0, 0.1) is 17.8 Å². The van der Waals surface area contributed by atoms with Crippen LogP contribution in [0.4, 0.5) is 0 Å². The maximum absolute atomic E-state index is 10.3. The van der Waals surface area contributed by atoms with E-state index in [0.29, 0.717) is 11.8 Å². The SMILES string of the molecule is Cl.O=C(O)C1C2CNCC21. The number of carboxylic acid groups (broad SMARTS) is 1. The van der Waals surface area contributed by atoms with Crippen molar-refractivity contribution in [2.45, 2.75) is 0 Å². The molecule has 4 heteroatoms. The molecule has 58 valence electrons. The molecule has 0 amide bonds. The average Bonchev–Trinajstić information content (AvgIpc) is 2.30. The first-order chi connectivity index (χ1) is 4.30. The van der Waals surface area contributed by atoms with Crippen LogP contribution >= 0.6 is 12.4 Å². The van der Waals surface area contributed by atoms with Gasteiger partial charge in [0.15, 0.2) is 0 Å². The van der Waals surface area contributed by atoms with Gasteiger partial charge in [-0.25, -0.2) is 0 Å². The predicted octanol–water partition coefficient (Wildman–Crippen LogP) is -0.0418. The maximum atomic E-state index is 10.3. The van der Waals surface area contributed by atoms with Crippen molar-refractivity contribution in [1.29, 1.82) is 0 Å². The van der Waals surface area contributed by atoms with Gasteiger partial charge in [-0.15, -0.1) is 12.4 Å². The summed E-state index contributed by atoms with van der Waals surface area (Å²) in [5, 5.41) is 11.7. The predicted molar refractivity (Wildman–Crippen MR) is 38.2 cm³/mol. The first kappa shape index (κ1) is 7.82. The number of fused-ring (bicyclic) bond motifs is 1. The van der Waals surface area contributed by atoms with E-state index in [2.05, 4.69) is 5.32 Å². The van der Waals surface area contributed by atoms with Crippen LogP contribution in [0.25, 0.3) is 0 Å². The van der Waals surface area contributed by atoms with Gasteiger partial charge in [-0.2, -0.15) is 0 Å². The number of carbonyl (C=O) groups is 1. The molecule has 0 bridgehead atoms. The summed E-state index contributed by atoms with van der Waals surface area (Å²) in [7, 11) is 0. The third-order valence-electron chi connectivity index (χ3n) is 2.38. The third-order valence-corrected chi connectivity index (χ3v) is 2.38. The number of piperidine rings is 1. The van der Waals surface area contributed by atoms with Crippen molar-refractivity contribution in [2.24, 2.45) is 17.8 Å². The number of aliphatic carboxylic acids is 1. The van der Waals surface area contributed by atoms with E-state index in [9.17, 15) is 4.79 Å². The fraction of sp³-hybridized carbons (Fsp3) is 0.833. The van der Waals surface area contributed by atoms with Gasteiger partial charge in [-0.05, 0) is 24.9 Å². The van der Waals surface area contributed by atoms with Gasteiger partial charge in [0, 0.05) is 0 Å². The molecule has 0 aromatic heterocycles. The molecule has 1 saturated heterocycles. The van der Waals surface area contributed by atoms with Crippen LogP contribution in [0.3, 0.4) is 0 Å². The smallest absolute Gasteiger partial charge is 0.307 e. The molecule has 10 heavy (non-hydrogen) atoms. The minimum Gasteiger partial charge on any atom is -0.481 e. The van der Waals surface area contributed by atoms with E-state index in [-0.39, 0.29) is 18.3 Å². The minimum atomic E-state index is -0.605. The molecule has 0 spiro atoms. The Morgan fingerprint density at radius 1 is 1.40 bits per heavy atom. The molecule has 0 aromatic carbocycles. The number of nitrogens with one attached hydrogen (secondary N) is 1. The van der Waals surface area contributed by atoms with Crippen molar-refractivity contribution in [3.05, 3.63) is 0 Å². The topological polar surface area (TPSA) is 49.3 Å². The van der Waals surface area contributed by atoms with E-state index in [1.54, 1.807) is 0 Å². The summed E-state index contributed by atoms with van der Waals surface area (Å²) in [4.78, 5) is 10.3. The Kier molecular flexibility index (Phi) is 1.88. The lowest BCUT2D eigenvalue weighted by Crippen LogP contribution is -2.18. The number of hydrogen-bond donors (Lipinski definition) is 2.